The quantitative estimate of drug-likeness (QED) is 0.914. The monoisotopic (exact) mass is 305 g/mol. The van der Waals surface area contributed by atoms with Crippen LogP contribution in [-0.2, 0) is 6.18 Å². The third kappa shape index (κ3) is 3.30. The van der Waals surface area contributed by atoms with Crippen LogP contribution in [0.25, 0.3) is 0 Å². The molecule has 0 amide bonds. The number of nitrogens with zero attached hydrogens (tertiary/aromatic N) is 2. The van der Waals surface area contributed by atoms with E-state index in [-0.39, 0.29) is 10.0 Å². The maximum Gasteiger partial charge on any atom is 0.417 e. The largest absolute Gasteiger partial charge is 0.417 e. The summed E-state index contributed by atoms with van der Waals surface area (Å²) < 4.78 is 37.4. The zero-order chi connectivity index (χ0) is 14.0. The van der Waals surface area contributed by atoms with Crippen molar-refractivity contribution >= 4 is 29.1 Å². The molecule has 0 aliphatic rings. The summed E-state index contributed by atoms with van der Waals surface area (Å²) >= 11 is 6.88. The van der Waals surface area contributed by atoms with Crippen LogP contribution in [0.5, 0.6) is 0 Å². The van der Waals surface area contributed by atoms with E-state index in [0.717, 1.165) is 24.0 Å². The summed E-state index contributed by atoms with van der Waals surface area (Å²) in [6.07, 6.45) is -0.752. The molecule has 0 unspecified atom stereocenters. The summed E-state index contributed by atoms with van der Waals surface area (Å²) in [7, 11) is 0. The second-order valence-corrected chi connectivity index (χ2v) is 4.96. The first-order valence-corrected chi connectivity index (χ1v) is 6.17. The van der Waals surface area contributed by atoms with E-state index in [1.165, 1.54) is 12.4 Å². The van der Waals surface area contributed by atoms with E-state index >= 15 is 0 Å². The van der Waals surface area contributed by atoms with Crippen LogP contribution in [0.2, 0.25) is 5.02 Å². The molecule has 0 radical (unpaired) electrons. The van der Waals surface area contributed by atoms with Crippen LogP contribution >= 0.6 is 23.4 Å². The predicted octanol–water partition coefficient (Wildman–Crippen LogP) is 3.88. The number of nitrogens with two attached hydrogens (primary N) is 1. The van der Waals surface area contributed by atoms with Gasteiger partial charge in [-0.1, -0.05) is 23.4 Å². The molecule has 100 valence electrons. The van der Waals surface area contributed by atoms with Gasteiger partial charge in [-0.25, -0.2) is 4.98 Å². The van der Waals surface area contributed by atoms with Gasteiger partial charge < -0.3 is 5.73 Å². The molecular weight excluding hydrogens is 299 g/mol. The molecule has 2 heterocycles. The summed E-state index contributed by atoms with van der Waals surface area (Å²) in [6.45, 7) is 0. The van der Waals surface area contributed by atoms with Crippen LogP contribution in [0.4, 0.5) is 18.9 Å². The van der Waals surface area contributed by atoms with Gasteiger partial charge in [-0.05, 0) is 12.1 Å². The molecule has 2 aromatic heterocycles. The molecule has 0 aliphatic heterocycles. The molecule has 0 aromatic carbocycles. The minimum Gasteiger partial charge on any atom is -0.397 e. The Hall–Kier alpha value is -1.47. The average Bonchev–Trinajstić information content (AvgIpc) is 2.33. The number of anilines is 1. The zero-order valence-corrected chi connectivity index (χ0v) is 10.9. The van der Waals surface area contributed by atoms with Crippen LogP contribution in [-0.4, -0.2) is 9.97 Å². The first kappa shape index (κ1) is 14.0. The fraction of sp³-hybridized carbons (Fsp3) is 0.0909. The van der Waals surface area contributed by atoms with E-state index in [4.69, 9.17) is 17.3 Å². The smallest absolute Gasteiger partial charge is 0.397 e. The van der Waals surface area contributed by atoms with E-state index in [0.29, 0.717) is 10.6 Å². The Morgan fingerprint density at radius 2 is 2.00 bits per heavy atom. The van der Waals surface area contributed by atoms with E-state index in [2.05, 4.69) is 9.97 Å². The number of hydrogen-bond acceptors (Lipinski definition) is 4. The normalized spacial score (nSPS) is 11.6. The first-order chi connectivity index (χ1) is 8.88. The number of alkyl halides is 3. The van der Waals surface area contributed by atoms with Crippen molar-refractivity contribution in [1.29, 1.82) is 0 Å². The molecule has 2 rings (SSSR count). The lowest BCUT2D eigenvalue weighted by atomic mass is 10.3. The third-order valence-corrected chi connectivity index (χ3v) is 3.66. The van der Waals surface area contributed by atoms with Crippen molar-refractivity contribution in [1.82, 2.24) is 9.97 Å². The van der Waals surface area contributed by atoms with Crippen LogP contribution in [0.3, 0.4) is 0 Å². The average molecular weight is 306 g/mol. The van der Waals surface area contributed by atoms with Gasteiger partial charge in [0, 0.05) is 17.3 Å². The molecule has 0 aliphatic carbocycles. The maximum absolute atomic E-state index is 12.5. The van der Waals surface area contributed by atoms with Gasteiger partial charge in [0.25, 0.3) is 0 Å². The third-order valence-electron chi connectivity index (χ3n) is 2.15. The Morgan fingerprint density at radius 3 is 2.58 bits per heavy atom. The Bertz CT molecular complexity index is 604. The second kappa shape index (κ2) is 5.26. The van der Waals surface area contributed by atoms with Gasteiger partial charge >= 0.3 is 6.18 Å². The van der Waals surface area contributed by atoms with Crippen LogP contribution in [0.15, 0.2) is 40.6 Å². The Balaban J connectivity index is 2.30. The van der Waals surface area contributed by atoms with Crippen LogP contribution in [0, 0.1) is 0 Å². The van der Waals surface area contributed by atoms with Gasteiger partial charge in [0.1, 0.15) is 5.03 Å². The molecular formula is C11H7ClF3N3S. The molecule has 0 bridgehead atoms. The number of halogens is 4. The zero-order valence-electron chi connectivity index (χ0n) is 9.28. The lowest BCUT2D eigenvalue weighted by molar-refractivity contribution is -0.137. The number of hydrogen-bond donors (Lipinski definition) is 1. The minimum absolute atomic E-state index is 0.0731. The van der Waals surface area contributed by atoms with Crippen LogP contribution < -0.4 is 5.73 Å². The molecule has 8 heteroatoms. The molecule has 0 saturated carbocycles. The summed E-state index contributed by atoms with van der Waals surface area (Å²) in [5, 5.41) is 0.184. The van der Waals surface area contributed by atoms with Crippen molar-refractivity contribution in [2.75, 3.05) is 5.73 Å². The Morgan fingerprint density at radius 1 is 1.26 bits per heavy atom. The highest BCUT2D eigenvalue weighted by Gasteiger charge is 2.31. The van der Waals surface area contributed by atoms with Gasteiger partial charge in [0.15, 0.2) is 0 Å². The van der Waals surface area contributed by atoms with Crippen molar-refractivity contribution in [3.63, 3.8) is 0 Å². The van der Waals surface area contributed by atoms with Crippen molar-refractivity contribution in [2.24, 2.45) is 0 Å². The van der Waals surface area contributed by atoms with E-state index < -0.39 is 11.7 Å². The molecule has 3 nitrogen and oxygen atoms in total. The highest BCUT2D eigenvalue weighted by molar-refractivity contribution is 7.99. The fourth-order valence-electron chi connectivity index (χ4n) is 1.25. The number of rotatable bonds is 2. The highest BCUT2D eigenvalue weighted by atomic mass is 35.5. The van der Waals surface area contributed by atoms with Gasteiger partial charge in [-0.3, -0.25) is 4.98 Å². The van der Waals surface area contributed by atoms with Crippen LogP contribution in [0.1, 0.15) is 5.56 Å². The lowest BCUT2D eigenvalue weighted by Gasteiger charge is -2.09. The fourth-order valence-corrected chi connectivity index (χ4v) is 2.30. The molecule has 19 heavy (non-hydrogen) atoms. The number of nitrogen functional groups attached to an aromatic ring is 1. The Kier molecular flexibility index (Phi) is 3.86. The minimum atomic E-state index is -4.46. The molecule has 2 aromatic rings. The van der Waals surface area contributed by atoms with Crippen molar-refractivity contribution < 1.29 is 13.2 Å². The second-order valence-electron chi connectivity index (χ2n) is 3.52. The summed E-state index contributed by atoms with van der Waals surface area (Å²) in [5.74, 6) is 0. The summed E-state index contributed by atoms with van der Waals surface area (Å²) in [4.78, 5) is 8.16. The topological polar surface area (TPSA) is 51.8 Å². The maximum atomic E-state index is 12.5. The summed E-state index contributed by atoms with van der Waals surface area (Å²) in [6, 6.07) is 2.48. The summed E-state index contributed by atoms with van der Waals surface area (Å²) in [5.41, 5.74) is 5.21. The SMILES string of the molecule is Nc1cnccc1Sc1ncc(C(F)(F)F)cc1Cl. The Labute approximate surface area is 116 Å². The van der Waals surface area contributed by atoms with E-state index in [1.54, 1.807) is 6.07 Å². The van der Waals surface area contributed by atoms with Gasteiger partial charge in [-0.15, -0.1) is 0 Å². The van der Waals surface area contributed by atoms with E-state index in [1.807, 2.05) is 0 Å². The molecule has 0 saturated heterocycles. The lowest BCUT2D eigenvalue weighted by Crippen LogP contribution is -2.05. The molecule has 0 spiro atoms. The molecule has 0 atom stereocenters. The molecule has 2 N–H and O–H groups in total. The first-order valence-electron chi connectivity index (χ1n) is 4.98. The van der Waals surface area contributed by atoms with Gasteiger partial charge in [0.2, 0.25) is 0 Å². The highest BCUT2D eigenvalue weighted by Crippen LogP contribution is 2.37. The number of aromatic nitrogens is 2. The van der Waals surface area contributed by atoms with Crippen molar-refractivity contribution in [3.8, 4) is 0 Å². The van der Waals surface area contributed by atoms with Gasteiger partial charge in [-0.2, -0.15) is 13.2 Å². The molecule has 0 fully saturated rings. The standard InChI is InChI=1S/C11H7ClF3N3S/c12-7-3-6(11(13,14)15)4-18-10(7)19-9-1-2-17-5-8(9)16/h1-5H,16H2. The van der Waals surface area contributed by atoms with Gasteiger partial charge in [0.05, 0.1) is 22.5 Å². The number of pyridine rings is 2. The van der Waals surface area contributed by atoms with Crippen molar-refractivity contribution in [3.05, 3.63) is 41.3 Å². The van der Waals surface area contributed by atoms with Crippen molar-refractivity contribution in [2.45, 2.75) is 16.1 Å². The predicted molar refractivity (Wildman–Crippen MR) is 67.0 cm³/mol. The van der Waals surface area contributed by atoms with E-state index in [9.17, 15) is 13.2 Å².